The maximum atomic E-state index is 13.1. The third-order valence-electron chi connectivity index (χ3n) is 2.65. The van der Waals surface area contributed by atoms with Gasteiger partial charge in [-0.15, -0.1) is 0 Å². The van der Waals surface area contributed by atoms with Crippen LogP contribution in [0.25, 0.3) is 0 Å². The second kappa shape index (κ2) is 6.57. The van der Waals surface area contributed by atoms with Gasteiger partial charge in [0, 0.05) is 11.0 Å². The normalized spacial score (nSPS) is 10.3. The molecule has 2 nitrogen and oxygen atoms in total. The molecule has 0 radical (unpaired) electrons. The standard InChI is InChI=1S/C15H15BrFNO/c1-2-19-13-6-3-11(4-7-13)10-18-15-9-12(17)5-8-14(15)16/h3-9,18H,2,10H2,1H3. The topological polar surface area (TPSA) is 21.3 Å². The number of ether oxygens (including phenoxy) is 1. The van der Waals surface area contributed by atoms with E-state index in [1.165, 1.54) is 12.1 Å². The molecule has 0 saturated carbocycles. The first-order valence-electron chi connectivity index (χ1n) is 6.09. The van der Waals surface area contributed by atoms with Crippen LogP contribution in [0.15, 0.2) is 46.9 Å². The lowest BCUT2D eigenvalue weighted by atomic mass is 10.2. The molecule has 19 heavy (non-hydrogen) atoms. The van der Waals surface area contributed by atoms with Gasteiger partial charge in [-0.1, -0.05) is 12.1 Å². The molecule has 0 fully saturated rings. The first-order chi connectivity index (χ1) is 9.19. The molecule has 0 heterocycles. The highest BCUT2D eigenvalue weighted by atomic mass is 79.9. The van der Waals surface area contributed by atoms with Crippen molar-refractivity contribution in [2.24, 2.45) is 0 Å². The molecule has 0 aliphatic carbocycles. The lowest BCUT2D eigenvalue weighted by Gasteiger charge is -2.09. The number of anilines is 1. The Morgan fingerprint density at radius 1 is 1.16 bits per heavy atom. The maximum absolute atomic E-state index is 13.1. The van der Waals surface area contributed by atoms with E-state index in [2.05, 4.69) is 21.2 Å². The molecule has 0 amide bonds. The van der Waals surface area contributed by atoms with Crippen molar-refractivity contribution in [1.82, 2.24) is 0 Å². The summed E-state index contributed by atoms with van der Waals surface area (Å²) >= 11 is 3.39. The van der Waals surface area contributed by atoms with E-state index in [9.17, 15) is 4.39 Å². The predicted molar refractivity (Wildman–Crippen MR) is 79.0 cm³/mol. The monoisotopic (exact) mass is 323 g/mol. The SMILES string of the molecule is CCOc1ccc(CNc2cc(F)ccc2Br)cc1. The minimum Gasteiger partial charge on any atom is -0.494 e. The first-order valence-corrected chi connectivity index (χ1v) is 6.89. The minimum atomic E-state index is -0.252. The molecule has 0 spiro atoms. The molecule has 2 rings (SSSR count). The highest BCUT2D eigenvalue weighted by molar-refractivity contribution is 9.10. The molecule has 0 bridgehead atoms. The van der Waals surface area contributed by atoms with E-state index in [0.29, 0.717) is 13.2 Å². The number of rotatable bonds is 5. The summed E-state index contributed by atoms with van der Waals surface area (Å²) in [5.74, 6) is 0.607. The van der Waals surface area contributed by atoms with Gasteiger partial charge in [0.1, 0.15) is 11.6 Å². The van der Waals surface area contributed by atoms with Crippen LogP contribution in [0.3, 0.4) is 0 Å². The van der Waals surface area contributed by atoms with E-state index in [0.717, 1.165) is 21.5 Å². The zero-order chi connectivity index (χ0) is 13.7. The van der Waals surface area contributed by atoms with Gasteiger partial charge in [0.15, 0.2) is 0 Å². The number of nitrogens with one attached hydrogen (secondary N) is 1. The van der Waals surface area contributed by atoms with Crippen LogP contribution in [0.1, 0.15) is 12.5 Å². The Morgan fingerprint density at radius 2 is 1.89 bits per heavy atom. The number of hydrogen-bond donors (Lipinski definition) is 1. The number of halogens is 2. The molecule has 2 aromatic carbocycles. The van der Waals surface area contributed by atoms with Crippen LogP contribution in [0.2, 0.25) is 0 Å². The van der Waals surface area contributed by atoms with Gasteiger partial charge in [-0.2, -0.15) is 0 Å². The fraction of sp³-hybridized carbons (Fsp3) is 0.200. The quantitative estimate of drug-likeness (QED) is 0.868. The van der Waals surface area contributed by atoms with Crippen molar-refractivity contribution in [3.63, 3.8) is 0 Å². The molecule has 0 aromatic heterocycles. The number of hydrogen-bond acceptors (Lipinski definition) is 2. The van der Waals surface area contributed by atoms with Crippen molar-refractivity contribution >= 4 is 21.6 Å². The van der Waals surface area contributed by atoms with Crippen molar-refractivity contribution in [3.05, 3.63) is 58.3 Å². The van der Waals surface area contributed by atoms with Crippen molar-refractivity contribution in [3.8, 4) is 5.75 Å². The molecular formula is C15H15BrFNO. The van der Waals surface area contributed by atoms with E-state index >= 15 is 0 Å². The van der Waals surface area contributed by atoms with Crippen LogP contribution in [0.5, 0.6) is 5.75 Å². The van der Waals surface area contributed by atoms with Crippen LogP contribution in [0, 0.1) is 5.82 Å². The summed E-state index contributed by atoms with van der Waals surface area (Å²) in [5.41, 5.74) is 1.86. The summed E-state index contributed by atoms with van der Waals surface area (Å²) in [4.78, 5) is 0. The van der Waals surface area contributed by atoms with Crippen LogP contribution in [-0.4, -0.2) is 6.61 Å². The lowest BCUT2D eigenvalue weighted by molar-refractivity contribution is 0.340. The fourth-order valence-electron chi connectivity index (χ4n) is 1.70. The molecular weight excluding hydrogens is 309 g/mol. The van der Waals surface area contributed by atoms with Crippen LogP contribution < -0.4 is 10.1 Å². The van der Waals surface area contributed by atoms with Gasteiger partial charge >= 0.3 is 0 Å². The summed E-state index contributed by atoms with van der Waals surface area (Å²) in [6, 6.07) is 12.4. The molecule has 0 atom stereocenters. The van der Waals surface area contributed by atoms with E-state index in [1.807, 2.05) is 31.2 Å². The first kappa shape index (κ1) is 13.9. The molecule has 0 aliphatic rings. The Morgan fingerprint density at radius 3 is 2.58 bits per heavy atom. The summed E-state index contributed by atoms with van der Waals surface area (Å²) in [6.07, 6.45) is 0. The van der Waals surface area contributed by atoms with Crippen molar-refractivity contribution in [1.29, 1.82) is 0 Å². The van der Waals surface area contributed by atoms with Gasteiger partial charge in [0.2, 0.25) is 0 Å². The maximum Gasteiger partial charge on any atom is 0.125 e. The van der Waals surface area contributed by atoms with Crippen molar-refractivity contribution < 1.29 is 9.13 Å². The van der Waals surface area contributed by atoms with E-state index < -0.39 is 0 Å². The van der Waals surface area contributed by atoms with Crippen LogP contribution in [-0.2, 0) is 6.54 Å². The van der Waals surface area contributed by atoms with Crippen LogP contribution in [0.4, 0.5) is 10.1 Å². The van der Waals surface area contributed by atoms with E-state index in [1.54, 1.807) is 6.07 Å². The highest BCUT2D eigenvalue weighted by Gasteiger charge is 2.01. The average molecular weight is 324 g/mol. The molecule has 4 heteroatoms. The third-order valence-corrected chi connectivity index (χ3v) is 3.34. The molecule has 1 N–H and O–H groups in total. The Bertz CT molecular complexity index is 542. The van der Waals surface area contributed by atoms with Crippen molar-refractivity contribution in [2.75, 3.05) is 11.9 Å². The van der Waals surface area contributed by atoms with Gasteiger partial charge in [0.25, 0.3) is 0 Å². The second-order valence-corrected chi connectivity index (χ2v) is 4.91. The van der Waals surface area contributed by atoms with Gasteiger partial charge in [-0.3, -0.25) is 0 Å². The Hall–Kier alpha value is -1.55. The smallest absolute Gasteiger partial charge is 0.125 e. The zero-order valence-corrected chi connectivity index (χ0v) is 12.2. The Balaban J connectivity index is 2.00. The third kappa shape index (κ3) is 3.96. The predicted octanol–water partition coefficient (Wildman–Crippen LogP) is 4.60. The van der Waals surface area contributed by atoms with E-state index in [-0.39, 0.29) is 5.82 Å². The second-order valence-electron chi connectivity index (χ2n) is 4.05. The minimum absolute atomic E-state index is 0.252. The number of benzene rings is 2. The van der Waals surface area contributed by atoms with Gasteiger partial charge in [0.05, 0.1) is 12.3 Å². The fourth-order valence-corrected chi connectivity index (χ4v) is 2.09. The lowest BCUT2D eigenvalue weighted by Crippen LogP contribution is -2.00. The summed E-state index contributed by atoms with van der Waals surface area (Å²) < 4.78 is 19.4. The summed E-state index contributed by atoms with van der Waals surface area (Å²) in [6.45, 7) is 3.25. The zero-order valence-electron chi connectivity index (χ0n) is 10.6. The largest absolute Gasteiger partial charge is 0.494 e. The van der Waals surface area contributed by atoms with Crippen molar-refractivity contribution in [2.45, 2.75) is 13.5 Å². The van der Waals surface area contributed by atoms with Gasteiger partial charge in [-0.05, 0) is 58.7 Å². The Kier molecular flexibility index (Phi) is 4.80. The molecule has 0 aliphatic heterocycles. The highest BCUT2D eigenvalue weighted by Crippen LogP contribution is 2.23. The molecule has 100 valence electrons. The van der Waals surface area contributed by atoms with Gasteiger partial charge in [-0.25, -0.2) is 4.39 Å². The van der Waals surface area contributed by atoms with E-state index in [4.69, 9.17) is 4.74 Å². The molecule has 0 unspecified atom stereocenters. The average Bonchev–Trinajstić information content (AvgIpc) is 2.42. The summed E-state index contributed by atoms with van der Waals surface area (Å²) in [7, 11) is 0. The van der Waals surface area contributed by atoms with Crippen LogP contribution >= 0.6 is 15.9 Å². The molecule has 2 aromatic rings. The summed E-state index contributed by atoms with van der Waals surface area (Å²) in [5, 5.41) is 3.19. The molecule has 0 saturated heterocycles. The van der Waals surface area contributed by atoms with Gasteiger partial charge < -0.3 is 10.1 Å². The Labute approximate surface area is 120 Å².